The zero-order valence-corrected chi connectivity index (χ0v) is 20.8. The van der Waals surface area contributed by atoms with Crippen LogP contribution < -0.4 is 14.8 Å². The number of rotatable bonds is 7. The molecule has 4 rings (SSSR count). The van der Waals surface area contributed by atoms with Gasteiger partial charge >= 0.3 is 0 Å². The minimum Gasteiger partial charge on any atom is -0.493 e. The molecule has 0 spiro atoms. The Kier molecular flexibility index (Phi) is 16.2. The van der Waals surface area contributed by atoms with Crippen molar-refractivity contribution in [1.29, 1.82) is 0 Å². The van der Waals surface area contributed by atoms with E-state index in [0.29, 0.717) is 6.61 Å². The summed E-state index contributed by atoms with van der Waals surface area (Å²) < 4.78 is 10.9. The molecule has 2 atom stereocenters. The molecule has 0 amide bonds. The zero-order valence-electron chi connectivity index (χ0n) is 18.4. The number of nitrogens with one attached hydrogen (secondary N) is 1. The molecular weight excluding hydrogens is 496 g/mol. The molecule has 2 saturated heterocycles. The molecule has 6 nitrogen and oxygen atoms in total. The van der Waals surface area contributed by atoms with Crippen LogP contribution >= 0.6 is 28.3 Å². The summed E-state index contributed by atoms with van der Waals surface area (Å²) >= 11 is 3.28. The summed E-state index contributed by atoms with van der Waals surface area (Å²) in [6.45, 7) is 5.87. The lowest BCUT2D eigenvalue weighted by Crippen LogP contribution is -2.27. The lowest BCUT2D eigenvalue weighted by molar-refractivity contribution is 0.167. The Labute approximate surface area is 206 Å². The second-order valence-electron chi connectivity index (χ2n) is 7.40. The molecule has 0 aromatic heterocycles. The molecule has 2 heterocycles. The minimum absolute atomic E-state index is 0. The molecule has 2 aromatic rings. The van der Waals surface area contributed by atoms with Gasteiger partial charge in [0, 0.05) is 31.5 Å². The highest BCUT2D eigenvalue weighted by atomic mass is 79.9. The molecule has 0 aliphatic carbocycles. The smallest absolute Gasteiger partial charge is 0.119 e. The van der Waals surface area contributed by atoms with Crippen molar-refractivity contribution in [3.05, 3.63) is 60.7 Å². The van der Waals surface area contributed by atoms with Gasteiger partial charge in [0.2, 0.25) is 0 Å². The van der Waals surface area contributed by atoms with Crippen molar-refractivity contribution in [2.45, 2.75) is 25.0 Å². The lowest BCUT2D eigenvalue weighted by Gasteiger charge is -2.15. The van der Waals surface area contributed by atoms with Crippen molar-refractivity contribution in [3.8, 4) is 11.5 Å². The molecule has 180 valence electrons. The van der Waals surface area contributed by atoms with Crippen LogP contribution in [0.25, 0.3) is 0 Å². The number of halogens is 2. The third-order valence-corrected chi connectivity index (χ3v) is 5.11. The van der Waals surface area contributed by atoms with Crippen LogP contribution in [0.3, 0.4) is 0 Å². The molecule has 8 heteroatoms. The van der Waals surface area contributed by atoms with Crippen molar-refractivity contribution in [1.82, 2.24) is 10.2 Å². The van der Waals surface area contributed by atoms with Crippen molar-refractivity contribution in [2.75, 3.05) is 51.3 Å². The van der Waals surface area contributed by atoms with Crippen molar-refractivity contribution in [3.63, 3.8) is 0 Å². The van der Waals surface area contributed by atoms with Crippen molar-refractivity contribution >= 4 is 28.3 Å². The van der Waals surface area contributed by atoms with Gasteiger partial charge in [-0.1, -0.05) is 52.3 Å². The van der Waals surface area contributed by atoms with Crippen LogP contribution in [0.2, 0.25) is 0 Å². The molecule has 0 saturated carbocycles. The van der Waals surface area contributed by atoms with Gasteiger partial charge in [0.05, 0.1) is 18.8 Å². The van der Waals surface area contributed by atoms with E-state index in [4.69, 9.17) is 14.6 Å². The molecule has 2 aromatic carbocycles. The molecule has 0 radical (unpaired) electrons. The molecule has 2 aliphatic heterocycles. The molecule has 0 bridgehead atoms. The van der Waals surface area contributed by atoms with Crippen LogP contribution in [0, 0.1) is 0 Å². The Morgan fingerprint density at radius 2 is 1.47 bits per heavy atom. The van der Waals surface area contributed by atoms with E-state index >= 15 is 0 Å². The van der Waals surface area contributed by atoms with Crippen molar-refractivity contribution < 1.29 is 19.7 Å². The van der Waals surface area contributed by atoms with Gasteiger partial charge in [0.25, 0.3) is 0 Å². The second-order valence-corrected chi connectivity index (χ2v) is 8.19. The highest BCUT2D eigenvalue weighted by Gasteiger charge is 2.19. The van der Waals surface area contributed by atoms with Crippen LogP contribution in [-0.2, 0) is 0 Å². The highest BCUT2D eigenvalue weighted by molar-refractivity contribution is 9.09. The predicted octanol–water partition coefficient (Wildman–Crippen LogP) is 3.35. The number of para-hydroxylation sites is 2. The van der Waals surface area contributed by atoms with Crippen molar-refractivity contribution in [2.24, 2.45) is 0 Å². The first-order valence-electron chi connectivity index (χ1n) is 10.9. The average molecular weight is 532 g/mol. The molecule has 2 fully saturated rings. The first kappa shape index (κ1) is 28.7. The average Bonchev–Trinajstić information content (AvgIpc) is 3.45. The topological polar surface area (TPSA) is 74.2 Å². The first-order valence-corrected chi connectivity index (χ1v) is 12.0. The van der Waals surface area contributed by atoms with E-state index in [1.165, 1.54) is 0 Å². The zero-order chi connectivity index (χ0) is 22.2. The number of ether oxygens (including phenoxy) is 2. The van der Waals surface area contributed by atoms with E-state index in [9.17, 15) is 5.11 Å². The summed E-state index contributed by atoms with van der Waals surface area (Å²) in [7, 11) is 0. The second kappa shape index (κ2) is 18.1. The van der Waals surface area contributed by atoms with Gasteiger partial charge < -0.3 is 25.0 Å². The van der Waals surface area contributed by atoms with E-state index < -0.39 is 0 Å². The van der Waals surface area contributed by atoms with Gasteiger partial charge in [0.15, 0.2) is 0 Å². The SMILES string of the molecule is BrCCOc1ccccc1.Cl.OC1CCN(CCOc2ccccc2)C1.OC1CCNC1. The number of benzene rings is 2. The van der Waals surface area contributed by atoms with Gasteiger partial charge in [-0.2, -0.15) is 0 Å². The maximum absolute atomic E-state index is 9.33. The quantitative estimate of drug-likeness (QED) is 0.476. The standard InChI is InChI=1S/C12H17NO2.C8H9BrO.C4H9NO.ClH/c14-11-6-7-13(10-11)8-9-15-12-4-2-1-3-5-12;9-6-7-10-8-4-2-1-3-5-8;6-4-1-2-5-3-4;/h1-5,11,14H,6-10H2;1-5H,6-7H2;4-6H,1-3H2;1H. The number of aliphatic hydroxyl groups excluding tert-OH is 2. The summed E-state index contributed by atoms with van der Waals surface area (Å²) in [6.07, 6.45) is 1.62. The predicted molar refractivity (Wildman–Crippen MR) is 135 cm³/mol. The highest BCUT2D eigenvalue weighted by Crippen LogP contribution is 2.10. The maximum Gasteiger partial charge on any atom is 0.119 e. The Morgan fingerprint density at radius 1 is 0.875 bits per heavy atom. The Balaban J connectivity index is 0.000000260. The maximum atomic E-state index is 9.33. The van der Waals surface area contributed by atoms with Crippen LogP contribution in [0.5, 0.6) is 11.5 Å². The van der Waals surface area contributed by atoms with Gasteiger partial charge in [-0.25, -0.2) is 0 Å². The summed E-state index contributed by atoms with van der Waals surface area (Å²) in [6, 6.07) is 19.6. The Hall–Kier alpha value is -1.35. The minimum atomic E-state index is -0.137. The number of nitrogens with zero attached hydrogens (tertiary/aromatic N) is 1. The van der Waals surface area contributed by atoms with Crippen LogP contribution in [-0.4, -0.2) is 78.6 Å². The number of β-amino-alcohol motifs (C(OH)–C–C–N with tert-alkyl or cyclic N) is 2. The largest absolute Gasteiger partial charge is 0.493 e. The number of alkyl halides is 1. The normalized spacial score (nSPS) is 19.6. The molecule has 3 N–H and O–H groups in total. The fourth-order valence-electron chi connectivity index (χ4n) is 3.14. The summed E-state index contributed by atoms with van der Waals surface area (Å²) in [5.41, 5.74) is 0. The third kappa shape index (κ3) is 13.3. The summed E-state index contributed by atoms with van der Waals surface area (Å²) in [4.78, 5) is 2.23. The first-order chi connectivity index (χ1) is 15.2. The number of likely N-dealkylation sites (tertiary alicyclic amines) is 1. The fourth-order valence-corrected chi connectivity index (χ4v) is 3.30. The molecular formula is C24H36BrClN2O4. The van der Waals surface area contributed by atoms with Crippen LogP contribution in [0.1, 0.15) is 12.8 Å². The molecule has 32 heavy (non-hydrogen) atoms. The summed E-state index contributed by atoms with van der Waals surface area (Å²) in [5.74, 6) is 1.85. The van der Waals surface area contributed by atoms with Gasteiger partial charge in [0.1, 0.15) is 18.1 Å². The lowest BCUT2D eigenvalue weighted by atomic mass is 10.3. The van der Waals surface area contributed by atoms with E-state index in [2.05, 4.69) is 26.1 Å². The molecule has 2 unspecified atom stereocenters. The van der Waals surface area contributed by atoms with E-state index in [-0.39, 0.29) is 24.6 Å². The van der Waals surface area contributed by atoms with Crippen LogP contribution in [0.4, 0.5) is 0 Å². The van der Waals surface area contributed by atoms with Gasteiger partial charge in [-0.3, -0.25) is 4.90 Å². The molecule has 2 aliphatic rings. The fraction of sp³-hybridized carbons (Fsp3) is 0.500. The van der Waals surface area contributed by atoms with Gasteiger partial charge in [-0.05, 0) is 43.7 Å². The number of aliphatic hydroxyl groups is 2. The number of hydrogen-bond acceptors (Lipinski definition) is 6. The van der Waals surface area contributed by atoms with Gasteiger partial charge in [-0.15, -0.1) is 12.4 Å². The Morgan fingerprint density at radius 3 is 1.88 bits per heavy atom. The summed E-state index contributed by atoms with van der Waals surface area (Å²) in [5, 5.41) is 21.9. The van der Waals surface area contributed by atoms with E-state index in [1.54, 1.807) is 0 Å². The van der Waals surface area contributed by atoms with E-state index in [0.717, 1.165) is 69.0 Å². The van der Waals surface area contributed by atoms with E-state index in [1.807, 2.05) is 60.7 Å². The third-order valence-electron chi connectivity index (χ3n) is 4.79. The Bertz CT molecular complexity index is 678. The number of hydrogen-bond donors (Lipinski definition) is 3. The van der Waals surface area contributed by atoms with Crippen LogP contribution in [0.15, 0.2) is 60.7 Å². The monoisotopic (exact) mass is 530 g/mol.